The standard InChI is InChI=1S/C15H30N2O/c1-13(2)5-8-17-9-6-14(7-10-17)16-11-15(3,4)12-18/h5,14,16,18H,6-12H2,1-4H3. The van der Waals surface area contributed by atoms with Crippen LogP contribution in [0.3, 0.4) is 0 Å². The van der Waals surface area contributed by atoms with E-state index in [2.05, 4.69) is 44.0 Å². The van der Waals surface area contributed by atoms with Crippen LogP contribution in [0.15, 0.2) is 11.6 Å². The zero-order chi connectivity index (χ0) is 13.6. The molecule has 1 rings (SSSR count). The molecule has 0 aromatic carbocycles. The highest BCUT2D eigenvalue weighted by molar-refractivity contribution is 4.95. The van der Waals surface area contributed by atoms with Crippen LogP contribution >= 0.6 is 0 Å². The van der Waals surface area contributed by atoms with Gasteiger partial charge in [0.05, 0.1) is 0 Å². The van der Waals surface area contributed by atoms with Gasteiger partial charge in [0.1, 0.15) is 0 Å². The second-order valence-corrected chi connectivity index (χ2v) is 6.56. The van der Waals surface area contributed by atoms with Crippen molar-refractivity contribution in [2.24, 2.45) is 5.41 Å². The molecule has 0 atom stereocenters. The number of aliphatic hydroxyl groups excluding tert-OH is 1. The van der Waals surface area contributed by atoms with Crippen molar-refractivity contribution in [2.45, 2.75) is 46.6 Å². The maximum absolute atomic E-state index is 9.23. The lowest BCUT2D eigenvalue weighted by Gasteiger charge is -2.34. The number of likely N-dealkylation sites (tertiary alicyclic amines) is 1. The van der Waals surface area contributed by atoms with Crippen LogP contribution < -0.4 is 5.32 Å². The van der Waals surface area contributed by atoms with Crippen molar-refractivity contribution >= 4 is 0 Å². The fourth-order valence-corrected chi connectivity index (χ4v) is 2.11. The smallest absolute Gasteiger partial charge is 0.0494 e. The lowest BCUT2D eigenvalue weighted by Crippen LogP contribution is -2.45. The van der Waals surface area contributed by atoms with Gasteiger partial charge in [-0.05, 0) is 39.8 Å². The van der Waals surface area contributed by atoms with E-state index in [9.17, 15) is 5.11 Å². The van der Waals surface area contributed by atoms with Crippen LogP contribution in [0.2, 0.25) is 0 Å². The van der Waals surface area contributed by atoms with Crippen molar-refractivity contribution in [3.8, 4) is 0 Å². The molecule has 0 amide bonds. The fraction of sp³-hybridized carbons (Fsp3) is 0.867. The van der Waals surface area contributed by atoms with Crippen LogP contribution in [-0.4, -0.2) is 48.8 Å². The molecule has 0 radical (unpaired) electrons. The van der Waals surface area contributed by atoms with Gasteiger partial charge < -0.3 is 10.4 Å². The van der Waals surface area contributed by atoms with Crippen molar-refractivity contribution in [1.29, 1.82) is 0 Å². The zero-order valence-corrected chi connectivity index (χ0v) is 12.5. The van der Waals surface area contributed by atoms with Crippen molar-refractivity contribution in [2.75, 3.05) is 32.8 Å². The quantitative estimate of drug-likeness (QED) is 0.712. The van der Waals surface area contributed by atoms with Gasteiger partial charge in [-0.15, -0.1) is 0 Å². The van der Waals surface area contributed by atoms with Crippen LogP contribution in [-0.2, 0) is 0 Å². The van der Waals surface area contributed by atoms with E-state index < -0.39 is 0 Å². The van der Waals surface area contributed by atoms with Crippen LogP contribution in [0, 0.1) is 5.41 Å². The first-order valence-electron chi connectivity index (χ1n) is 7.13. The molecule has 3 heteroatoms. The molecular formula is C15H30N2O. The Kier molecular flexibility index (Phi) is 6.33. The van der Waals surface area contributed by atoms with Gasteiger partial charge in [-0.1, -0.05) is 25.5 Å². The van der Waals surface area contributed by atoms with E-state index >= 15 is 0 Å². The molecule has 0 aliphatic carbocycles. The van der Waals surface area contributed by atoms with Gasteiger partial charge in [0.15, 0.2) is 0 Å². The predicted molar refractivity (Wildman–Crippen MR) is 77.8 cm³/mol. The molecule has 0 aromatic heterocycles. The first-order chi connectivity index (χ1) is 8.43. The Morgan fingerprint density at radius 1 is 1.33 bits per heavy atom. The molecule has 1 heterocycles. The number of piperidine rings is 1. The summed E-state index contributed by atoms with van der Waals surface area (Å²) in [6.07, 6.45) is 4.75. The zero-order valence-electron chi connectivity index (χ0n) is 12.5. The van der Waals surface area contributed by atoms with Gasteiger partial charge in [0.2, 0.25) is 0 Å². The topological polar surface area (TPSA) is 35.5 Å². The molecule has 0 saturated carbocycles. The normalized spacial score (nSPS) is 18.9. The lowest BCUT2D eigenvalue weighted by molar-refractivity contribution is 0.142. The molecule has 1 fully saturated rings. The Hall–Kier alpha value is -0.380. The molecule has 2 N–H and O–H groups in total. The Balaban J connectivity index is 2.21. The van der Waals surface area contributed by atoms with Crippen molar-refractivity contribution in [1.82, 2.24) is 10.2 Å². The fourth-order valence-electron chi connectivity index (χ4n) is 2.11. The van der Waals surface area contributed by atoms with Gasteiger partial charge in [0, 0.05) is 31.2 Å². The first-order valence-corrected chi connectivity index (χ1v) is 7.13. The Morgan fingerprint density at radius 2 is 1.94 bits per heavy atom. The third kappa shape index (κ3) is 5.98. The van der Waals surface area contributed by atoms with Crippen LogP contribution in [0.5, 0.6) is 0 Å². The summed E-state index contributed by atoms with van der Waals surface area (Å²) in [5.74, 6) is 0. The average molecular weight is 254 g/mol. The highest BCUT2D eigenvalue weighted by atomic mass is 16.3. The number of allylic oxidation sites excluding steroid dienone is 1. The molecule has 106 valence electrons. The minimum absolute atomic E-state index is 0.000799. The second kappa shape index (κ2) is 7.27. The van der Waals surface area contributed by atoms with E-state index in [0.717, 1.165) is 13.1 Å². The molecule has 0 unspecified atom stereocenters. The average Bonchev–Trinajstić information content (AvgIpc) is 2.35. The third-order valence-corrected chi connectivity index (χ3v) is 3.64. The van der Waals surface area contributed by atoms with E-state index in [4.69, 9.17) is 0 Å². The summed E-state index contributed by atoms with van der Waals surface area (Å²) in [5.41, 5.74) is 1.40. The van der Waals surface area contributed by atoms with Crippen LogP contribution in [0.4, 0.5) is 0 Å². The van der Waals surface area contributed by atoms with E-state index in [1.165, 1.54) is 31.5 Å². The summed E-state index contributed by atoms with van der Waals surface area (Å²) in [5, 5.41) is 12.8. The summed E-state index contributed by atoms with van der Waals surface area (Å²) < 4.78 is 0. The highest BCUT2D eigenvalue weighted by Crippen LogP contribution is 2.15. The Labute approximate surface area is 112 Å². The van der Waals surface area contributed by atoms with Crippen molar-refractivity contribution in [3.63, 3.8) is 0 Å². The first kappa shape index (κ1) is 15.7. The summed E-state index contributed by atoms with van der Waals surface area (Å²) >= 11 is 0. The molecule has 1 saturated heterocycles. The van der Waals surface area contributed by atoms with Gasteiger partial charge in [-0.25, -0.2) is 0 Å². The number of nitrogens with zero attached hydrogens (tertiary/aromatic N) is 1. The third-order valence-electron chi connectivity index (χ3n) is 3.64. The maximum Gasteiger partial charge on any atom is 0.0494 e. The molecule has 0 spiro atoms. The SMILES string of the molecule is CC(C)=CCN1CCC(NCC(C)(C)CO)CC1. The van der Waals surface area contributed by atoms with Crippen LogP contribution in [0.1, 0.15) is 40.5 Å². The summed E-state index contributed by atoms with van der Waals surface area (Å²) in [6, 6.07) is 0.624. The summed E-state index contributed by atoms with van der Waals surface area (Å²) in [4.78, 5) is 2.52. The summed E-state index contributed by atoms with van der Waals surface area (Å²) in [6.45, 7) is 13.1. The van der Waals surface area contributed by atoms with Gasteiger partial charge in [0.25, 0.3) is 0 Å². The van der Waals surface area contributed by atoms with Gasteiger partial charge in [-0.2, -0.15) is 0 Å². The number of aliphatic hydroxyl groups is 1. The number of nitrogens with one attached hydrogen (secondary N) is 1. The molecule has 0 aromatic rings. The van der Waals surface area contributed by atoms with Gasteiger partial charge in [-0.3, -0.25) is 4.90 Å². The minimum atomic E-state index is -0.000799. The van der Waals surface area contributed by atoms with Crippen molar-refractivity contribution in [3.05, 3.63) is 11.6 Å². The van der Waals surface area contributed by atoms with Crippen LogP contribution in [0.25, 0.3) is 0 Å². The monoisotopic (exact) mass is 254 g/mol. The second-order valence-electron chi connectivity index (χ2n) is 6.56. The lowest BCUT2D eigenvalue weighted by atomic mass is 9.93. The molecule has 1 aliphatic rings. The molecule has 18 heavy (non-hydrogen) atoms. The minimum Gasteiger partial charge on any atom is -0.396 e. The van der Waals surface area contributed by atoms with Gasteiger partial charge >= 0.3 is 0 Å². The number of hydrogen-bond acceptors (Lipinski definition) is 3. The number of rotatable bonds is 6. The molecular weight excluding hydrogens is 224 g/mol. The Bertz CT molecular complexity index is 262. The molecule has 0 bridgehead atoms. The maximum atomic E-state index is 9.23. The highest BCUT2D eigenvalue weighted by Gasteiger charge is 2.21. The van der Waals surface area contributed by atoms with E-state index in [0.29, 0.717) is 6.04 Å². The van der Waals surface area contributed by atoms with Crippen molar-refractivity contribution < 1.29 is 5.11 Å². The Morgan fingerprint density at radius 3 is 2.44 bits per heavy atom. The largest absolute Gasteiger partial charge is 0.396 e. The predicted octanol–water partition coefficient (Wildman–Crippen LogP) is 2.03. The number of hydrogen-bond donors (Lipinski definition) is 2. The van der Waals surface area contributed by atoms with E-state index in [-0.39, 0.29) is 12.0 Å². The summed E-state index contributed by atoms with van der Waals surface area (Å²) in [7, 11) is 0. The molecule has 1 aliphatic heterocycles. The molecule has 3 nitrogen and oxygen atoms in total. The van der Waals surface area contributed by atoms with E-state index in [1.54, 1.807) is 0 Å². The van der Waals surface area contributed by atoms with E-state index in [1.807, 2.05) is 0 Å².